The van der Waals surface area contributed by atoms with Crippen LogP contribution in [0.2, 0.25) is 0 Å². The number of benzene rings is 2. The molecule has 0 fully saturated rings. The lowest BCUT2D eigenvalue weighted by atomic mass is 10.1. The fourth-order valence-corrected chi connectivity index (χ4v) is 2.68. The van der Waals surface area contributed by atoms with Crippen LogP contribution in [-0.4, -0.2) is 6.54 Å². The number of nitrogens with one attached hydrogen (secondary N) is 1. The van der Waals surface area contributed by atoms with E-state index in [-0.39, 0.29) is 5.82 Å². The highest BCUT2D eigenvalue weighted by molar-refractivity contribution is 7.99. The van der Waals surface area contributed by atoms with Crippen LogP contribution in [-0.2, 0) is 6.54 Å². The Balaban J connectivity index is 2.24. The molecule has 4 heteroatoms. The molecule has 0 aliphatic rings. The van der Waals surface area contributed by atoms with Crippen molar-refractivity contribution in [3.8, 4) is 6.07 Å². The first kappa shape index (κ1) is 14.6. The summed E-state index contributed by atoms with van der Waals surface area (Å²) in [6, 6.07) is 14.5. The van der Waals surface area contributed by atoms with E-state index >= 15 is 0 Å². The Labute approximate surface area is 122 Å². The van der Waals surface area contributed by atoms with Crippen LogP contribution >= 0.6 is 11.8 Å². The third kappa shape index (κ3) is 3.60. The second kappa shape index (κ2) is 7.09. The van der Waals surface area contributed by atoms with Crippen molar-refractivity contribution in [2.24, 2.45) is 0 Å². The van der Waals surface area contributed by atoms with Gasteiger partial charge in [0.25, 0.3) is 0 Å². The van der Waals surface area contributed by atoms with E-state index in [0.29, 0.717) is 10.5 Å². The number of halogens is 1. The van der Waals surface area contributed by atoms with Crippen LogP contribution in [0.25, 0.3) is 0 Å². The van der Waals surface area contributed by atoms with Gasteiger partial charge < -0.3 is 5.32 Å². The highest BCUT2D eigenvalue weighted by Crippen LogP contribution is 2.32. The molecule has 0 aliphatic carbocycles. The minimum Gasteiger partial charge on any atom is -0.313 e. The van der Waals surface area contributed by atoms with Crippen LogP contribution in [0, 0.1) is 17.1 Å². The number of hydrogen-bond donors (Lipinski definition) is 1. The standard InChI is InChI=1S/C16H15FN2S/c1-2-19-11-12-7-8-15(13(9-12)10-18)20-16-6-4-3-5-14(16)17/h3-9,19H,2,11H2,1H3. The van der Waals surface area contributed by atoms with Crippen LogP contribution in [0.15, 0.2) is 52.3 Å². The Hall–Kier alpha value is -1.83. The molecule has 2 aromatic carbocycles. The van der Waals surface area contributed by atoms with E-state index in [9.17, 15) is 9.65 Å². The molecule has 0 unspecified atom stereocenters. The molecule has 102 valence electrons. The second-order valence-corrected chi connectivity index (χ2v) is 5.34. The normalized spacial score (nSPS) is 10.2. The molecule has 0 atom stereocenters. The summed E-state index contributed by atoms with van der Waals surface area (Å²) in [5, 5.41) is 12.5. The van der Waals surface area contributed by atoms with Gasteiger partial charge >= 0.3 is 0 Å². The maximum absolute atomic E-state index is 13.6. The van der Waals surface area contributed by atoms with Crippen molar-refractivity contribution in [3.05, 3.63) is 59.4 Å². The van der Waals surface area contributed by atoms with Crippen molar-refractivity contribution < 1.29 is 4.39 Å². The summed E-state index contributed by atoms with van der Waals surface area (Å²) in [4.78, 5) is 1.31. The smallest absolute Gasteiger partial charge is 0.137 e. The van der Waals surface area contributed by atoms with Crippen LogP contribution < -0.4 is 5.32 Å². The van der Waals surface area contributed by atoms with Crippen molar-refractivity contribution in [2.45, 2.75) is 23.3 Å². The number of nitriles is 1. The van der Waals surface area contributed by atoms with Gasteiger partial charge in [-0.2, -0.15) is 5.26 Å². The Morgan fingerprint density at radius 3 is 2.70 bits per heavy atom. The average molecular weight is 286 g/mol. The second-order valence-electron chi connectivity index (χ2n) is 4.26. The van der Waals surface area contributed by atoms with E-state index in [2.05, 4.69) is 11.4 Å². The fourth-order valence-electron chi connectivity index (χ4n) is 1.78. The number of rotatable bonds is 5. The lowest BCUT2D eigenvalue weighted by Crippen LogP contribution is -2.11. The quantitative estimate of drug-likeness (QED) is 0.903. The lowest BCUT2D eigenvalue weighted by Gasteiger charge is -2.08. The molecule has 0 aromatic heterocycles. The van der Waals surface area contributed by atoms with Gasteiger partial charge in [0.15, 0.2) is 0 Å². The first-order valence-corrected chi connectivity index (χ1v) is 7.22. The summed E-state index contributed by atoms with van der Waals surface area (Å²) in [5.74, 6) is -0.266. The van der Waals surface area contributed by atoms with Gasteiger partial charge in [0.05, 0.1) is 5.56 Å². The van der Waals surface area contributed by atoms with Crippen molar-refractivity contribution in [3.63, 3.8) is 0 Å². The minimum atomic E-state index is -0.266. The zero-order chi connectivity index (χ0) is 14.4. The first-order chi connectivity index (χ1) is 9.74. The van der Waals surface area contributed by atoms with E-state index in [4.69, 9.17) is 0 Å². The van der Waals surface area contributed by atoms with Gasteiger partial charge in [0.1, 0.15) is 11.9 Å². The van der Waals surface area contributed by atoms with Crippen molar-refractivity contribution in [2.75, 3.05) is 6.54 Å². The van der Waals surface area contributed by atoms with Crippen molar-refractivity contribution >= 4 is 11.8 Å². The summed E-state index contributed by atoms with van der Waals surface area (Å²) in [6.45, 7) is 3.65. The van der Waals surface area contributed by atoms with Crippen molar-refractivity contribution in [1.82, 2.24) is 5.32 Å². The third-order valence-corrected chi connectivity index (χ3v) is 3.93. The molecule has 0 aliphatic heterocycles. The third-order valence-electron chi connectivity index (χ3n) is 2.80. The van der Waals surface area contributed by atoms with E-state index in [0.717, 1.165) is 23.5 Å². The molecule has 2 rings (SSSR count). The maximum atomic E-state index is 13.6. The molecule has 20 heavy (non-hydrogen) atoms. The number of hydrogen-bond acceptors (Lipinski definition) is 3. The van der Waals surface area contributed by atoms with Gasteiger partial charge in [-0.1, -0.05) is 36.9 Å². The molecule has 0 saturated heterocycles. The molecular formula is C16H15FN2S. The van der Waals surface area contributed by atoms with Gasteiger partial charge in [-0.3, -0.25) is 0 Å². The molecule has 1 N–H and O–H groups in total. The predicted molar refractivity (Wildman–Crippen MR) is 79.1 cm³/mol. The van der Waals surface area contributed by atoms with Gasteiger partial charge in [0, 0.05) is 16.3 Å². The maximum Gasteiger partial charge on any atom is 0.137 e. The van der Waals surface area contributed by atoms with E-state index in [1.54, 1.807) is 18.2 Å². The highest BCUT2D eigenvalue weighted by atomic mass is 32.2. The SMILES string of the molecule is CCNCc1ccc(Sc2ccccc2F)c(C#N)c1. The molecule has 0 amide bonds. The average Bonchev–Trinajstić information content (AvgIpc) is 2.48. The van der Waals surface area contributed by atoms with E-state index in [1.807, 2.05) is 25.1 Å². The highest BCUT2D eigenvalue weighted by Gasteiger charge is 2.08. The molecule has 2 aromatic rings. The topological polar surface area (TPSA) is 35.8 Å². The van der Waals surface area contributed by atoms with Gasteiger partial charge in [0.2, 0.25) is 0 Å². The molecule has 0 saturated carbocycles. The molecular weight excluding hydrogens is 271 g/mol. The first-order valence-electron chi connectivity index (χ1n) is 6.40. The predicted octanol–water partition coefficient (Wildman–Crippen LogP) is 3.96. The molecule has 2 nitrogen and oxygen atoms in total. The van der Waals surface area contributed by atoms with Gasteiger partial charge in [-0.05, 0) is 36.4 Å². The van der Waals surface area contributed by atoms with Crippen molar-refractivity contribution in [1.29, 1.82) is 5.26 Å². The van der Waals surface area contributed by atoms with Gasteiger partial charge in [-0.15, -0.1) is 0 Å². The summed E-state index contributed by atoms with van der Waals surface area (Å²) in [6.07, 6.45) is 0. The fraction of sp³-hybridized carbons (Fsp3) is 0.188. The van der Waals surface area contributed by atoms with Gasteiger partial charge in [-0.25, -0.2) is 4.39 Å². The van der Waals surface area contributed by atoms with E-state index < -0.39 is 0 Å². The zero-order valence-corrected chi connectivity index (χ0v) is 12.0. The summed E-state index contributed by atoms with van der Waals surface area (Å²) >= 11 is 1.28. The van der Waals surface area contributed by atoms with Crippen LogP contribution in [0.3, 0.4) is 0 Å². The Morgan fingerprint density at radius 1 is 1.20 bits per heavy atom. The number of nitrogens with zero attached hydrogens (tertiary/aromatic N) is 1. The van der Waals surface area contributed by atoms with E-state index in [1.165, 1.54) is 17.8 Å². The Bertz CT molecular complexity index is 635. The summed E-state index contributed by atoms with van der Waals surface area (Å²) < 4.78 is 13.6. The van der Waals surface area contributed by atoms with Crippen LogP contribution in [0.5, 0.6) is 0 Å². The molecule has 0 bridgehead atoms. The van der Waals surface area contributed by atoms with Crippen LogP contribution in [0.4, 0.5) is 4.39 Å². The monoisotopic (exact) mass is 286 g/mol. The van der Waals surface area contributed by atoms with Crippen LogP contribution in [0.1, 0.15) is 18.1 Å². The molecule has 0 heterocycles. The largest absolute Gasteiger partial charge is 0.313 e. The summed E-state index contributed by atoms with van der Waals surface area (Å²) in [7, 11) is 0. The lowest BCUT2D eigenvalue weighted by molar-refractivity contribution is 0.602. The minimum absolute atomic E-state index is 0.266. The Morgan fingerprint density at radius 2 is 2.00 bits per heavy atom. The molecule has 0 spiro atoms. The summed E-state index contributed by atoms with van der Waals surface area (Å²) in [5.41, 5.74) is 1.63. The Kier molecular flexibility index (Phi) is 5.16. The molecule has 0 radical (unpaired) electrons. The zero-order valence-electron chi connectivity index (χ0n) is 11.2.